The second kappa shape index (κ2) is 14.7. The van der Waals surface area contributed by atoms with Crippen molar-refractivity contribution in [3.8, 4) is 0 Å². The fourth-order valence-corrected chi connectivity index (χ4v) is 3.41. The highest BCUT2D eigenvalue weighted by Gasteiger charge is 2.29. The molecule has 1 aliphatic rings. The van der Waals surface area contributed by atoms with Gasteiger partial charge in [0, 0.05) is 5.75 Å². The number of ether oxygens (including phenoxy) is 1. The van der Waals surface area contributed by atoms with Crippen LogP contribution in [0.4, 0.5) is 0 Å². The molecule has 7 nitrogen and oxygen atoms in total. The van der Waals surface area contributed by atoms with Gasteiger partial charge in [-0.05, 0) is 25.7 Å². The van der Waals surface area contributed by atoms with Crippen LogP contribution in [-0.4, -0.2) is 55.1 Å². The van der Waals surface area contributed by atoms with Crippen molar-refractivity contribution in [1.82, 2.24) is 25.0 Å². The average molecular weight is 412 g/mol. The Kier molecular flexibility index (Phi) is 13.0. The third-order valence-electron chi connectivity index (χ3n) is 4.28. The van der Waals surface area contributed by atoms with Crippen LogP contribution in [0, 0.1) is 0 Å². The predicted octanol–water partition coefficient (Wildman–Crippen LogP) is 4.66. The summed E-state index contributed by atoms with van der Waals surface area (Å²) in [5, 5.41) is 18.1. The van der Waals surface area contributed by atoms with Crippen LogP contribution in [0.3, 0.4) is 0 Å². The number of nitrogens with zero attached hydrogens (tertiary/aromatic N) is 5. The SMILES string of the molecule is CC.CCCC.CCCSc1ncc2nnn(C3CCC(OCCO)C3)c2n1. The lowest BCUT2D eigenvalue weighted by molar-refractivity contribution is 0.0309. The number of hydrogen-bond donors (Lipinski definition) is 1. The summed E-state index contributed by atoms with van der Waals surface area (Å²) in [6.07, 6.45) is 8.53. The van der Waals surface area contributed by atoms with E-state index in [2.05, 4.69) is 41.1 Å². The lowest BCUT2D eigenvalue weighted by Gasteiger charge is -2.12. The second-order valence-electron chi connectivity index (χ2n) is 6.43. The highest BCUT2D eigenvalue weighted by atomic mass is 32.2. The van der Waals surface area contributed by atoms with E-state index in [1.165, 1.54) is 12.8 Å². The molecule has 0 saturated heterocycles. The number of unbranched alkanes of at least 4 members (excludes halogenated alkanes) is 1. The Hall–Kier alpha value is -1.25. The fourth-order valence-electron chi connectivity index (χ4n) is 2.75. The molecule has 1 N–H and O–H groups in total. The van der Waals surface area contributed by atoms with Crippen LogP contribution >= 0.6 is 11.8 Å². The first-order valence-electron chi connectivity index (χ1n) is 10.7. The van der Waals surface area contributed by atoms with Gasteiger partial charge in [0.1, 0.15) is 0 Å². The molecule has 2 unspecified atom stereocenters. The monoisotopic (exact) mass is 411 g/mol. The van der Waals surface area contributed by atoms with E-state index >= 15 is 0 Å². The summed E-state index contributed by atoms with van der Waals surface area (Å²) in [6.45, 7) is 11.0. The molecule has 0 amide bonds. The van der Waals surface area contributed by atoms with Crippen molar-refractivity contribution in [3.05, 3.63) is 6.20 Å². The maximum absolute atomic E-state index is 8.85. The first-order valence-corrected chi connectivity index (χ1v) is 11.6. The van der Waals surface area contributed by atoms with Crippen molar-refractivity contribution in [2.45, 2.75) is 90.4 Å². The van der Waals surface area contributed by atoms with Crippen LogP contribution in [0.5, 0.6) is 0 Å². The van der Waals surface area contributed by atoms with Crippen molar-refractivity contribution in [2.75, 3.05) is 19.0 Å². The Balaban J connectivity index is 0.000000583. The zero-order valence-corrected chi connectivity index (χ0v) is 18.9. The van der Waals surface area contributed by atoms with E-state index in [1.807, 2.05) is 18.5 Å². The van der Waals surface area contributed by atoms with Gasteiger partial charge in [0.25, 0.3) is 0 Å². The smallest absolute Gasteiger partial charge is 0.189 e. The quantitative estimate of drug-likeness (QED) is 0.499. The lowest BCUT2D eigenvalue weighted by Crippen LogP contribution is -2.14. The molecule has 1 fully saturated rings. The normalized spacial score (nSPS) is 18.4. The van der Waals surface area contributed by atoms with Crippen molar-refractivity contribution < 1.29 is 9.84 Å². The Morgan fingerprint density at radius 3 is 2.57 bits per heavy atom. The number of hydrogen-bond acceptors (Lipinski definition) is 7. The highest BCUT2D eigenvalue weighted by molar-refractivity contribution is 7.99. The summed E-state index contributed by atoms with van der Waals surface area (Å²) in [5.41, 5.74) is 1.54. The number of aromatic nitrogens is 5. The van der Waals surface area contributed by atoms with E-state index in [0.29, 0.717) is 6.61 Å². The van der Waals surface area contributed by atoms with Crippen LogP contribution in [0.25, 0.3) is 11.2 Å². The van der Waals surface area contributed by atoms with Gasteiger partial charge in [-0.3, -0.25) is 0 Å². The largest absolute Gasteiger partial charge is 0.394 e. The fraction of sp³-hybridized carbons (Fsp3) is 0.800. The van der Waals surface area contributed by atoms with E-state index in [-0.39, 0.29) is 18.8 Å². The minimum Gasteiger partial charge on any atom is -0.394 e. The van der Waals surface area contributed by atoms with Crippen LogP contribution < -0.4 is 0 Å². The molecule has 2 heterocycles. The highest BCUT2D eigenvalue weighted by Crippen LogP contribution is 2.33. The molecule has 160 valence electrons. The summed E-state index contributed by atoms with van der Waals surface area (Å²) in [6, 6.07) is 0.257. The first kappa shape index (κ1) is 24.8. The summed E-state index contributed by atoms with van der Waals surface area (Å²) in [5.74, 6) is 1.01. The zero-order valence-electron chi connectivity index (χ0n) is 18.1. The molecule has 0 radical (unpaired) electrons. The van der Waals surface area contributed by atoms with Gasteiger partial charge in [-0.25, -0.2) is 14.6 Å². The van der Waals surface area contributed by atoms with Gasteiger partial charge in [0.15, 0.2) is 16.3 Å². The van der Waals surface area contributed by atoms with E-state index in [0.717, 1.165) is 47.8 Å². The molecule has 2 aromatic rings. The van der Waals surface area contributed by atoms with Gasteiger partial charge in [0.2, 0.25) is 0 Å². The zero-order chi connectivity index (χ0) is 20.8. The number of thioether (sulfide) groups is 1. The van der Waals surface area contributed by atoms with Gasteiger partial charge in [-0.15, -0.1) is 5.10 Å². The molecular formula is C20H37N5O2S. The Labute approximate surface area is 173 Å². The van der Waals surface area contributed by atoms with Crippen molar-refractivity contribution in [1.29, 1.82) is 0 Å². The van der Waals surface area contributed by atoms with Crippen LogP contribution in [0.15, 0.2) is 11.4 Å². The summed E-state index contributed by atoms with van der Waals surface area (Å²) >= 11 is 1.66. The van der Waals surface area contributed by atoms with E-state index in [4.69, 9.17) is 9.84 Å². The van der Waals surface area contributed by atoms with Crippen LogP contribution in [0.2, 0.25) is 0 Å². The number of aliphatic hydroxyl groups excluding tert-OH is 1. The third-order valence-corrected chi connectivity index (χ3v) is 5.34. The maximum Gasteiger partial charge on any atom is 0.189 e. The molecule has 1 aliphatic carbocycles. The topological polar surface area (TPSA) is 86.0 Å². The van der Waals surface area contributed by atoms with Gasteiger partial charge in [0.05, 0.1) is 31.6 Å². The lowest BCUT2D eigenvalue weighted by atomic mass is 10.2. The van der Waals surface area contributed by atoms with Gasteiger partial charge < -0.3 is 9.84 Å². The van der Waals surface area contributed by atoms with Gasteiger partial charge in [-0.2, -0.15) is 0 Å². The Bertz CT molecular complexity index is 651. The molecule has 28 heavy (non-hydrogen) atoms. The molecule has 8 heteroatoms. The molecule has 0 aromatic carbocycles. The van der Waals surface area contributed by atoms with Gasteiger partial charge >= 0.3 is 0 Å². The van der Waals surface area contributed by atoms with Crippen molar-refractivity contribution in [3.63, 3.8) is 0 Å². The van der Waals surface area contributed by atoms with E-state index < -0.39 is 0 Å². The molecule has 2 aromatic heterocycles. The Morgan fingerprint density at radius 1 is 1.18 bits per heavy atom. The number of aliphatic hydroxyl groups is 1. The molecule has 3 rings (SSSR count). The van der Waals surface area contributed by atoms with Crippen molar-refractivity contribution in [2.24, 2.45) is 0 Å². The minimum atomic E-state index is 0.0681. The molecule has 0 aliphatic heterocycles. The summed E-state index contributed by atoms with van der Waals surface area (Å²) < 4.78 is 7.53. The van der Waals surface area contributed by atoms with Gasteiger partial charge in [-0.1, -0.05) is 64.4 Å². The van der Waals surface area contributed by atoms with Crippen LogP contribution in [0.1, 0.15) is 79.2 Å². The average Bonchev–Trinajstić information content (AvgIpc) is 3.38. The molecule has 0 bridgehead atoms. The number of fused-ring (bicyclic) bond motifs is 1. The molecule has 2 atom stereocenters. The van der Waals surface area contributed by atoms with Crippen LogP contribution in [-0.2, 0) is 4.74 Å². The summed E-state index contributed by atoms with van der Waals surface area (Å²) in [7, 11) is 0. The predicted molar refractivity (Wildman–Crippen MR) is 116 cm³/mol. The molecule has 0 spiro atoms. The third kappa shape index (κ3) is 7.64. The van der Waals surface area contributed by atoms with E-state index in [1.54, 1.807) is 18.0 Å². The first-order chi connectivity index (χ1) is 13.7. The second-order valence-corrected chi connectivity index (χ2v) is 7.49. The van der Waals surface area contributed by atoms with E-state index in [9.17, 15) is 0 Å². The Morgan fingerprint density at radius 2 is 1.93 bits per heavy atom. The van der Waals surface area contributed by atoms with Crippen molar-refractivity contribution >= 4 is 22.9 Å². The molecule has 1 saturated carbocycles. The summed E-state index contributed by atoms with van der Waals surface area (Å²) in [4.78, 5) is 8.94. The molecular weight excluding hydrogens is 374 g/mol. The maximum atomic E-state index is 8.85. The standard InChI is InChI=1S/C14H21N5O2S.C4H10.C2H6/c1-2-7-22-14-15-9-12-13(16-14)19(18-17-12)10-3-4-11(8-10)21-6-5-20;1-3-4-2;1-2/h9-11,20H,2-8H2,1H3;3-4H2,1-2H3;1-2H3. The minimum absolute atomic E-state index is 0.0681. The number of rotatable bonds is 8.